The summed E-state index contributed by atoms with van der Waals surface area (Å²) in [6.07, 6.45) is 6.00. The van der Waals surface area contributed by atoms with Crippen LogP contribution in [0.1, 0.15) is 11.3 Å². The van der Waals surface area contributed by atoms with Crippen molar-refractivity contribution in [3.63, 3.8) is 0 Å². The van der Waals surface area contributed by atoms with Crippen molar-refractivity contribution in [1.82, 2.24) is 24.6 Å². The number of furan rings is 1. The first-order valence-electron chi connectivity index (χ1n) is 12.1. The Hall–Kier alpha value is -3.62. The molecule has 7 nitrogen and oxygen atoms in total. The molecule has 8 heteroatoms. The Morgan fingerprint density at radius 2 is 1.67 bits per heavy atom. The summed E-state index contributed by atoms with van der Waals surface area (Å²) < 4.78 is 7.58. The number of carbonyl (C=O) groups excluding carboxylic acids is 1. The predicted octanol–water partition coefficient (Wildman–Crippen LogP) is 4.54. The molecule has 0 atom stereocenters. The van der Waals surface area contributed by atoms with E-state index in [-0.39, 0.29) is 5.91 Å². The maximum absolute atomic E-state index is 13.0. The van der Waals surface area contributed by atoms with E-state index in [2.05, 4.69) is 39.4 Å². The van der Waals surface area contributed by atoms with E-state index in [0.29, 0.717) is 17.5 Å². The van der Waals surface area contributed by atoms with Gasteiger partial charge in [-0.1, -0.05) is 84.6 Å². The third kappa shape index (κ3) is 6.13. The smallest absolute Gasteiger partial charge is 0.233 e. The van der Waals surface area contributed by atoms with Crippen LogP contribution < -0.4 is 0 Å². The van der Waals surface area contributed by atoms with E-state index in [1.165, 1.54) is 17.3 Å². The summed E-state index contributed by atoms with van der Waals surface area (Å²) in [5.41, 5.74) is 2.19. The highest BCUT2D eigenvalue weighted by Crippen LogP contribution is 2.25. The number of nitrogens with zero attached hydrogens (tertiary/aromatic N) is 5. The zero-order chi connectivity index (χ0) is 24.6. The molecule has 1 saturated heterocycles. The SMILES string of the molecule is O=C(CSc1nnc(-c2ccccc2)n1Cc1ccco1)N1CCN(CC=Cc2ccccc2)CC1. The zero-order valence-electron chi connectivity index (χ0n) is 20.1. The molecule has 184 valence electrons. The quantitative estimate of drug-likeness (QED) is 0.315. The lowest BCUT2D eigenvalue weighted by Crippen LogP contribution is -2.49. The lowest BCUT2D eigenvalue weighted by atomic mass is 10.2. The van der Waals surface area contributed by atoms with Crippen molar-refractivity contribution in [2.24, 2.45) is 0 Å². The summed E-state index contributed by atoms with van der Waals surface area (Å²) in [6.45, 7) is 4.64. The van der Waals surface area contributed by atoms with Crippen LogP contribution >= 0.6 is 11.8 Å². The van der Waals surface area contributed by atoms with Gasteiger partial charge in [-0.05, 0) is 17.7 Å². The van der Waals surface area contributed by atoms with Gasteiger partial charge >= 0.3 is 0 Å². The van der Waals surface area contributed by atoms with Crippen molar-refractivity contribution in [3.8, 4) is 11.4 Å². The first-order valence-corrected chi connectivity index (χ1v) is 13.1. The standard InChI is InChI=1S/C28H29N5O2S/c34-26(32-18-16-31(17-19-32)15-7-11-23-9-3-1-4-10-23)22-36-28-30-29-27(24-12-5-2-6-13-24)33(28)21-25-14-8-20-35-25/h1-14,20H,15-19,21-22H2. The molecule has 4 aromatic rings. The molecule has 0 bridgehead atoms. The summed E-state index contributed by atoms with van der Waals surface area (Å²) in [4.78, 5) is 17.3. The summed E-state index contributed by atoms with van der Waals surface area (Å²) in [5.74, 6) is 2.05. The van der Waals surface area contributed by atoms with Gasteiger partial charge in [-0.3, -0.25) is 14.3 Å². The van der Waals surface area contributed by atoms with Crippen molar-refractivity contribution in [3.05, 3.63) is 96.5 Å². The first-order chi connectivity index (χ1) is 17.8. The van der Waals surface area contributed by atoms with E-state index in [1.54, 1.807) is 6.26 Å². The predicted molar refractivity (Wildman–Crippen MR) is 142 cm³/mol. The Kier molecular flexibility index (Phi) is 7.95. The van der Waals surface area contributed by atoms with E-state index < -0.39 is 0 Å². The van der Waals surface area contributed by atoms with Crippen molar-refractivity contribution < 1.29 is 9.21 Å². The number of carbonyl (C=O) groups is 1. The minimum atomic E-state index is 0.133. The highest BCUT2D eigenvalue weighted by molar-refractivity contribution is 7.99. The second-order valence-electron chi connectivity index (χ2n) is 8.62. The van der Waals surface area contributed by atoms with Gasteiger partial charge in [0.2, 0.25) is 5.91 Å². The monoisotopic (exact) mass is 499 g/mol. The Bertz CT molecular complexity index is 1260. The third-order valence-corrected chi connectivity index (χ3v) is 7.12. The van der Waals surface area contributed by atoms with E-state index in [9.17, 15) is 4.79 Å². The van der Waals surface area contributed by atoms with Crippen LogP contribution in [0.5, 0.6) is 0 Å². The zero-order valence-corrected chi connectivity index (χ0v) is 20.9. The summed E-state index contributed by atoms with van der Waals surface area (Å²) in [5, 5.41) is 9.55. The van der Waals surface area contributed by atoms with Gasteiger partial charge in [0.15, 0.2) is 11.0 Å². The van der Waals surface area contributed by atoms with Gasteiger partial charge in [0, 0.05) is 38.3 Å². The topological polar surface area (TPSA) is 67.4 Å². The van der Waals surface area contributed by atoms with Crippen LogP contribution in [0.15, 0.2) is 94.7 Å². The molecule has 1 amide bonds. The summed E-state index contributed by atoms with van der Waals surface area (Å²) >= 11 is 1.43. The minimum absolute atomic E-state index is 0.133. The Balaban J connectivity index is 1.16. The molecule has 5 rings (SSSR count). The van der Waals surface area contributed by atoms with Gasteiger partial charge in [0.05, 0.1) is 18.6 Å². The Labute approximate surface area is 215 Å². The molecule has 0 spiro atoms. The average molecular weight is 500 g/mol. The fourth-order valence-corrected chi connectivity index (χ4v) is 5.04. The van der Waals surface area contributed by atoms with Gasteiger partial charge in [-0.15, -0.1) is 10.2 Å². The molecular formula is C28H29N5O2S. The maximum atomic E-state index is 13.0. The van der Waals surface area contributed by atoms with Gasteiger partial charge in [-0.2, -0.15) is 0 Å². The van der Waals surface area contributed by atoms with Crippen LogP contribution in [0.2, 0.25) is 0 Å². The van der Waals surface area contributed by atoms with Crippen LogP contribution in [0.4, 0.5) is 0 Å². The van der Waals surface area contributed by atoms with Crippen molar-refractivity contribution in [1.29, 1.82) is 0 Å². The molecule has 1 fully saturated rings. The van der Waals surface area contributed by atoms with Crippen LogP contribution in [-0.4, -0.2) is 68.9 Å². The fraction of sp³-hybridized carbons (Fsp3) is 0.250. The highest BCUT2D eigenvalue weighted by Gasteiger charge is 2.22. The van der Waals surface area contributed by atoms with E-state index in [4.69, 9.17) is 4.42 Å². The largest absolute Gasteiger partial charge is 0.467 e. The van der Waals surface area contributed by atoms with Gasteiger partial charge in [0.25, 0.3) is 0 Å². The van der Waals surface area contributed by atoms with Crippen LogP contribution in [-0.2, 0) is 11.3 Å². The third-order valence-electron chi connectivity index (χ3n) is 6.17. The second-order valence-corrected chi connectivity index (χ2v) is 9.56. The molecule has 1 aliphatic heterocycles. The second kappa shape index (κ2) is 11.9. The molecule has 0 saturated carbocycles. The average Bonchev–Trinajstić information content (AvgIpc) is 3.59. The van der Waals surface area contributed by atoms with Crippen LogP contribution in [0, 0.1) is 0 Å². The van der Waals surface area contributed by atoms with Crippen molar-refractivity contribution >= 4 is 23.7 Å². The number of hydrogen-bond donors (Lipinski definition) is 0. The van der Waals surface area contributed by atoms with Crippen molar-refractivity contribution in [2.45, 2.75) is 11.7 Å². The lowest BCUT2D eigenvalue weighted by molar-refractivity contribution is -0.130. The molecule has 0 radical (unpaired) electrons. The molecule has 0 aliphatic carbocycles. The molecule has 2 aromatic carbocycles. The molecule has 0 unspecified atom stereocenters. The number of aromatic nitrogens is 3. The summed E-state index contributed by atoms with van der Waals surface area (Å²) in [6, 6.07) is 24.1. The minimum Gasteiger partial charge on any atom is -0.467 e. The molecular weight excluding hydrogens is 470 g/mol. The summed E-state index contributed by atoms with van der Waals surface area (Å²) in [7, 11) is 0. The molecule has 3 heterocycles. The number of thioether (sulfide) groups is 1. The molecule has 2 aromatic heterocycles. The molecule has 1 aliphatic rings. The van der Waals surface area contributed by atoms with Gasteiger partial charge in [-0.25, -0.2) is 0 Å². The van der Waals surface area contributed by atoms with E-state index >= 15 is 0 Å². The van der Waals surface area contributed by atoms with Crippen LogP contribution in [0.25, 0.3) is 17.5 Å². The maximum Gasteiger partial charge on any atom is 0.233 e. The number of amides is 1. The van der Waals surface area contributed by atoms with Gasteiger partial charge < -0.3 is 9.32 Å². The number of benzene rings is 2. The van der Waals surface area contributed by atoms with Crippen molar-refractivity contribution in [2.75, 3.05) is 38.5 Å². The van der Waals surface area contributed by atoms with Gasteiger partial charge in [0.1, 0.15) is 5.76 Å². The normalized spacial score (nSPS) is 14.5. The lowest BCUT2D eigenvalue weighted by Gasteiger charge is -2.34. The fourth-order valence-electron chi connectivity index (χ4n) is 4.20. The molecule has 0 N–H and O–H groups in total. The number of hydrogen-bond acceptors (Lipinski definition) is 6. The first kappa shape index (κ1) is 24.1. The van der Waals surface area contributed by atoms with E-state index in [1.807, 2.05) is 70.1 Å². The Morgan fingerprint density at radius 3 is 2.39 bits per heavy atom. The highest BCUT2D eigenvalue weighted by atomic mass is 32.2. The van der Waals surface area contributed by atoms with Crippen LogP contribution in [0.3, 0.4) is 0 Å². The number of rotatable bonds is 9. The molecule has 36 heavy (non-hydrogen) atoms. The number of piperazine rings is 1. The van der Waals surface area contributed by atoms with E-state index in [0.717, 1.165) is 49.9 Å². The Morgan fingerprint density at radius 1 is 0.917 bits per heavy atom.